The smallest absolute Gasteiger partial charge is 0.308 e. The summed E-state index contributed by atoms with van der Waals surface area (Å²) in [6.45, 7) is 0. The number of carboxylic acids is 1. The van der Waals surface area contributed by atoms with E-state index in [4.69, 9.17) is 16.7 Å². The predicted octanol–water partition coefficient (Wildman–Crippen LogP) is 2.63. The van der Waals surface area contributed by atoms with E-state index < -0.39 is 5.97 Å². The zero-order valence-electron chi connectivity index (χ0n) is 6.87. The average molecular weight is 217 g/mol. The minimum absolute atomic E-state index is 0.0966. The Bertz CT molecular complexity index is 317. The summed E-state index contributed by atoms with van der Waals surface area (Å²) in [6, 6.07) is 1.86. The van der Waals surface area contributed by atoms with E-state index in [1.54, 1.807) is 0 Å². The van der Waals surface area contributed by atoms with Crippen molar-refractivity contribution in [2.24, 2.45) is 0 Å². The summed E-state index contributed by atoms with van der Waals surface area (Å²) in [7, 11) is 0. The molecular weight excluding hydrogens is 208 g/mol. The third-order valence-electron chi connectivity index (χ3n) is 1.40. The Kier molecular flexibility index (Phi) is 3.99. The number of aliphatic carboxylic acids is 1. The predicted molar refractivity (Wildman–Crippen MR) is 55.4 cm³/mol. The maximum Gasteiger partial charge on any atom is 0.308 e. The topological polar surface area (TPSA) is 37.3 Å². The first-order valence-electron chi connectivity index (χ1n) is 3.74. The first-order valence-corrected chi connectivity index (χ1v) is 5.15. The summed E-state index contributed by atoms with van der Waals surface area (Å²) in [4.78, 5) is 11.2. The fourth-order valence-electron chi connectivity index (χ4n) is 0.907. The molecule has 0 bridgehead atoms. The second-order valence-corrected chi connectivity index (χ2v) is 3.78. The number of hydrogen-bond donors (Lipinski definition) is 1. The van der Waals surface area contributed by atoms with Crippen LogP contribution in [0.1, 0.15) is 10.4 Å². The maximum atomic E-state index is 10.4. The lowest BCUT2D eigenvalue weighted by Crippen LogP contribution is -1.97. The zero-order valence-corrected chi connectivity index (χ0v) is 8.44. The van der Waals surface area contributed by atoms with Gasteiger partial charge in [-0.1, -0.05) is 12.2 Å². The van der Waals surface area contributed by atoms with Crippen molar-refractivity contribution in [3.05, 3.63) is 28.0 Å². The molecule has 0 unspecified atom stereocenters. The van der Waals surface area contributed by atoms with Gasteiger partial charge in [0, 0.05) is 10.8 Å². The monoisotopic (exact) mass is 216 g/mol. The Morgan fingerprint density at radius 2 is 2.46 bits per heavy atom. The highest BCUT2D eigenvalue weighted by Crippen LogP contribution is 2.16. The lowest BCUT2D eigenvalue weighted by atomic mass is 10.2. The number of alkyl halides is 1. The summed E-state index contributed by atoms with van der Waals surface area (Å²) in [5.41, 5.74) is 1.02. The van der Waals surface area contributed by atoms with E-state index in [0.29, 0.717) is 5.88 Å². The lowest BCUT2D eigenvalue weighted by Gasteiger charge is -1.86. The Labute approximate surface area is 85.5 Å². The highest BCUT2D eigenvalue weighted by molar-refractivity contribution is 7.10. The van der Waals surface area contributed by atoms with Crippen LogP contribution in [0, 0.1) is 0 Å². The molecule has 0 aliphatic carbocycles. The molecule has 0 saturated heterocycles. The molecule has 1 rings (SSSR count). The molecule has 0 amide bonds. The van der Waals surface area contributed by atoms with Gasteiger partial charge in [0.25, 0.3) is 0 Å². The van der Waals surface area contributed by atoms with E-state index in [-0.39, 0.29) is 6.42 Å². The zero-order chi connectivity index (χ0) is 9.68. The van der Waals surface area contributed by atoms with Crippen LogP contribution in [0.4, 0.5) is 0 Å². The highest BCUT2D eigenvalue weighted by atomic mass is 35.5. The van der Waals surface area contributed by atoms with E-state index in [1.165, 1.54) is 11.3 Å². The number of halogens is 1. The van der Waals surface area contributed by atoms with Crippen molar-refractivity contribution in [2.75, 3.05) is 5.88 Å². The standard InChI is InChI=1S/C9H9ClO2S/c10-3-1-2-7-4-8(13-6-7)5-9(11)12/h1-2,4,6H,3,5H2,(H,11,12). The van der Waals surface area contributed by atoms with Crippen molar-refractivity contribution in [1.29, 1.82) is 0 Å². The number of thiophene rings is 1. The number of hydrogen-bond acceptors (Lipinski definition) is 2. The summed E-state index contributed by atoms with van der Waals surface area (Å²) in [5.74, 6) is -0.320. The summed E-state index contributed by atoms with van der Waals surface area (Å²) in [6.07, 6.45) is 3.81. The molecule has 70 valence electrons. The number of carbonyl (C=O) groups is 1. The molecule has 0 spiro atoms. The molecule has 0 fully saturated rings. The number of rotatable bonds is 4. The van der Waals surface area contributed by atoms with Crippen LogP contribution in [-0.2, 0) is 11.2 Å². The van der Waals surface area contributed by atoms with Gasteiger partial charge in [-0.2, -0.15) is 0 Å². The molecule has 1 aromatic heterocycles. The van der Waals surface area contributed by atoms with Gasteiger partial charge in [0.1, 0.15) is 0 Å². The van der Waals surface area contributed by atoms with Crippen LogP contribution in [-0.4, -0.2) is 17.0 Å². The van der Waals surface area contributed by atoms with Crippen molar-refractivity contribution in [3.8, 4) is 0 Å². The fourth-order valence-corrected chi connectivity index (χ4v) is 1.84. The molecule has 13 heavy (non-hydrogen) atoms. The maximum absolute atomic E-state index is 10.4. The van der Waals surface area contributed by atoms with Gasteiger partial charge in [0.05, 0.1) is 6.42 Å². The SMILES string of the molecule is O=C(O)Cc1cc(C=CCCl)cs1. The molecule has 0 aliphatic rings. The Balaban J connectivity index is 2.63. The van der Waals surface area contributed by atoms with Crippen molar-refractivity contribution in [3.63, 3.8) is 0 Å². The second-order valence-electron chi connectivity index (χ2n) is 2.47. The van der Waals surface area contributed by atoms with Gasteiger partial charge < -0.3 is 5.11 Å². The van der Waals surface area contributed by atoms with Crippen molar-refractivity contribution in [1.82, 2.24) is 0 Å². The quantitative estimate of drug-likeness (QED) is 0.786. The van der Waals surface area contributed by atoms with Gasteiger partial charge in [-0.05, 0) is 17.0 Å². The molecule has 0 aromatic carbocycles. The number of carboxylic acid groups (broad SMARTS) is 1. The fraction of sp³-hybridized carbons (Fsp3) is 0.222. The summed E-state index contributed by atoms with van der Waals surface area (Å²) < 4.78 is 0. The minimum Gasteiger partial charge on any atom is -0.481 e. The molecule has 1 aromatic rings. The number of allylic oxidation sites excluding steroid dienone is 1. The van der Waals surface area contributed by atoms with Gasteiger partial charge in [-0.15, -0.1) is 22.9 Å². The minimum atomic E-state index is -0.797. The van der Waals surface area contributed by atoms with E-state index in [2.05, 4.69) is 0 Å². The third-order valence-corrected chi connectivity index (χ3v) is 2.53. The Hall–Kier alpha value is -0.800. The molecule has 0 radical (unpaired) electrons. The van der Waals surface area contributed by atoms with Gasteiger partial charge in [0.15, 0.2) is 0 Å². The van der Waals surface area contributed by atoms with Crippen LogP contribution < -0.4 is 0 Å². The second kappa shape index (κ2) is 5.04. The normalized spacial score (nSPS) is 10.8. The average Bonchev–Trinajstić information content (AvgIpc) is 2.48. The van der Waals surface area contributed by atoms with E-state index in [1.807, 2.05) is 23.6 Å². The molecular formula is C9H9ClO2S. The van der Waals surface area contributed by atoms with Gasteiger partial charge in [-0.3, -0.25) is 4.79 Å². The van der Waals surface area contributed by atoms with Gasteiger partial charge in [-0.25, -0.2) is 0 Å². The first-order chi connectivity index (χ1) is 6.22. The molecule has 0 saturated carbocycles. The van der Waals surface area contributed by atoms with Crippen LogP contribution in [0.15, 0.2) is 17.5 Å². The molecule has 1 heterocycles. The van der Waals surface area contributed by atoms with Crippen LogP contribution >= 0.6 is 22.9 Å². The van der Waals surface area contributed by atoms with E-state index in [9.17, 15) is 4.79 Å². The molecule has 0 aliphatic heterocycles. The highest BCUT2D eigenvalue weighted by Gasteiger charge is 2.02. The van der Waals surface area contributed by atoms with Crippen molar-refractivity contribution < 1.29 is 9.90 Å². The third kappa shape index (κ3) is 3.61. The summed E-state index contributed by atoms with van der Waals surface area (Å²) in [5, 5.41) is 10.4. The van der Waals surface area contributed by atoms with Crippen molar-refractivity contribution >= 4 is 35.0 Å². The van der Waals surface area contributed by atoms with Crippen LogP contribution in [0.2, 0.25) is 0 Å². The van der Waals surface area contributed by atoms with Crippen LogP contribution in [0.5, 0.6) is 0 Å². The molecule has 4 heteroatoms. The molecule has 2 nitrogen and oxygen atoms in total. The lowest BCUT2D eigenvalue weighted by molar-refractivity contribution is -0.136. The van der Waals surface area contributed by atoms with Crippen molar-refractivity contribution in [2.45, 2.75) is 6.42 Å². The molecule has 1 N–H and O–H groups in total. The first kappa shape index (κ1) is 10.3. The Morgan fingerprint density at radius 3 is 3.08 bits per heavy atom. The molecule has 0 atom stereocenters. The van der Waals surface area contributed by atoms with E-state index >= 15 is 0 Å². The van der Waals surface area contributed by atoms with Gasteiger partial charge >= 0.3 is 5.97 Å². The Morgan fingerprint density at radius 1 is 1.69 bits per heavy atom. The van der Waals surface area contributed by atoms with Gasteiger partial charge in [0.2, 0.25) is 0 Å². The van der Waals surface area contributed by atoms with Crippen LogP contribution in [0.3, 0.4) is 0 Å². The van der Waals surface area contributed by atoms with E-state index in [0.717, 1.165) is 10.4 Å². The van der Waals surface area contributed by atoms with Crippen LogP contribution in [0.25, 0.3) is 6.08 Å². The summed E-state index contributed by atoms with van der Waals surface area (Å²) >= 11 is 6.92. The largest absolute Gasteiger partial charge is 0.481 e.